The van der Waals surface area contributed by atoms with E-state index < -0.39 is 18.0 Å². The molecule has 7 nitrogen and oxygen atoms in total. The Bertz CT molecular complexity index is 912. The number of carbonyl (C=O) groups excluding carboxylic acids is 3. The summed E-state index contributed by atoms with van der Waals surface area (Å²) in [6.45, 7) is 1.58. The average Bonchev–Trinajstić information content (AvgIpc) is 3.46. The molecule has 0 aliphatic heterocycles. The fraction of sp³-hybridized carbons (Fsp3) is 0.476. The Morgan fingerprint density at radius 1 is 1.21 bits per heavy atom. The largest absolute Gasteiger partial charge is 0.459 e. The molecule has 0 saturated heterocycles. The molecular formula is C21H24N2O5S. The molecule has 4 rings (SSSR count). The third-order valence-electron chi connectivity index (χ3n) is 5.45. The zero-order valence-electron chi connectivity index (χ0n) is 16.3. The van der Waals surface area contributed by atoms with Gasteiger partial charge in [-0.25, -0.2) is 4.79 Å². The minimum atomic E-state index is -0.895. The van der Waals surface area contributed by atoms with Crippen molar-refractivity contribution >= 4 is 34.1 Å². The summed E-state index contributed by atoms with van der Waals surface area (Å²) in [5, 5.41) is 6.17. The lowest BCUT2D eigenvalue weighted by atomic mass is 10.1. The zero-order valence-corrected chi connectivity index (χ0v) is 17.1. The van der Waals surface area contributed by atoms with Crippen LogP contribution in [0.3, 0.4) is 0 Å². The van der Waals surface area contributed by atoms with Crippen LogP contribution < -0.4 is 10.6 Å². The van der Waals surface area contributed by atoms with Crippen molar-refractivity contribution < 1.29 is 23.5 Å². The lowest BCUT2D eigenvalue weighted by Gasteiger charge is -2.17. The number of furan rings is 1. The van der Waals surface area contributed by atoms with E-state index in [1.165, 1.54) is 17.6 Å². The van der Waals surface area contributed by atoms with Crippen LogP contribution in [0.5, 0.6) is 0 Å². The van der Waals surface area contributed by atoms with E-state index in [2.05, 4.69) is 10.6 Å². The molecule has 29 heavy (non-hydrogen) atoms. The minimum absolute atomic E-state index is 0.164. The molecule has 2 aliphatic carbocycles. The zero-order chi connectivity index (χ0) is 20.4. The maximum atomic E-state index is 12.9. The number of hydrogen-bond donors (Lipinski definition) is 2. The van der Waals surface area contributed by atoms with Gasteiger partial charge in [0.25, 0.3) is 11.8 Å². The molecule has 1 fully saturated rings. The molecule has 2 aromatic heterocycles. The quantitative estimate of drug-likeness (QED) is 0.700. The minimum Gasteiger partial charge on any atom is -0.459 e. The van der Waals surface area contributed by atoms with E-state index in [0.29, 0.717) is 10.6 Å². The molecule has 2 heterocycles. The van der Waals surface area contributed by atoms with Crippen LogP contribution in [0.25, 0.3) is 0 Å². The van der Waals surface area contributed by atoms with Gasteiger partial charge in [0.15, 0.2) is 11.9 Å². The molecule has 2 N–H and O–H groups in total. The van der Waals surface area contributed by atoms with Gasteiger partial charge in [0, 0.05) is 10.9 Å². The Kier molecular flexibility index (Phi) is 5.71. The number of ether oxygens (including phenoxy) is 1. The molecule has 0 bridgehead atoms. The molecule has 2 aromatic rings. The molecule has 0 aromatic carbocycles. The molecule has 8 heteroatoms. The fourth-order valence-electron chi connectivity index (χ4n) is 3.94. The first-order valence-corrected chi connectivity index (χ1v) is 10.9. The number of hydrogen-bond acceptors (Lipinski definition) is 6. The van der Waals surface area contributed by atoms with Crippen molar-refractivity contribution in [3.05, 3.63) is 40.2 Å². The van der Waals surface area contributed by atoms with E-state index in [1.807, 2.05) is 0 Å². The second kappa shape index (κ2) is 8.41. The smallest absolute Gasteiger partial charge is 0.342 e. The highest BCUT2D eigenvalue weighted by Gasteiger charge is 2.31. The van der Waals surface area contributed by atoms with Gasteiger partial charge in [0.2, 0.25) is 0 Å². The van der Waals surface area contributed by atoms with Gasteiger partial charge in [0.05, 0.1) is 11.8 Å². The topological polar surface area (TPSA) is 97.6 Å². The number of thiophene rings is 1. The van der Waals surface area contributed by atoms with Crippen LogP contribution in [0.1, 0.15) is 70.4 Å². The second-order valence-electron chi connectivity index (χ2n) is 7.53. The van der Waals surface area contributed by atoms with Crippen molar-refractivity contribution in [1.29, 1.82) is 0 Å². The molecule has 0 spiro atoms. The van der Waals surface area contributed by atoms with Gasteiger partial charge in [-0.1, -0.05) is 12.8 Å². The predicted octanol–water partition coefficient (Wildman–Crippen LogP) is 3.69. The summed E-state index contributed by atoms with van der Waals surface area (Å²) in [4.78, 5) is 38.8. The number of nitrogens with one attached hydrogen (secondary N) is 2. The predicted molar refractivity (Wildman–Crippen MR) is 108 cm³/mol. The van der Waals surface area contributed by atoms with E-state index in [1.54, 1.807) is 19.1 Å². The number of amides is 2. The van der Waals surface area contributed by atoms with Crippen molar-refractivity contribution in [3.63, 3.8) is 0 Å². The number of anilines is 1. The molecule has 2 aliphatic rings. The third-order valence-corrected chi connectivity index (χ3v) is 6.66. The van der Waals surface area contributed by atoms with E-state index in [0.717, 1.165) is 55.4 Å². The summed E-state index contributed by atoms with van der Waals surface area (Å²) < 4.78 is 10.6. The van der Waals surface area contributed by atoms with Gasteiger partial charge >= 0.3 is 5.97 Å². The fourth-order valence-corrected chi connectivity index (χ4v) is 5.21. The number of esters is 1. The second-order valence-corrected chi connectivity index (χ2v) is 8.64. The van der Waals surface area contributed by atoms with Crippen LogP contribution in [0.4, 0.5) is 5.00 Å². The van der Waals surface area contributed by atoms with Crippen molar-refractivity contribution in [2.24, 2.45) is 0 Å². The number of fused-ring (bicyclic) bond motifs is 1. The van der Waals surface area contributed by atoms with Crippen LogP contribution in [-0.2, 0) is 22.4 Å². The van der Waals surface area contributed by atoms with Crippen molar-refractivity contribution in [3.8, 4) is 0 Å². The van der Waals surface area contributed by atoms with Crippen molar-refractivity contribution in [1.82, 2.24) is 5.32 Å². The Morgan fingerprint density at radius 2 is 2.00 bits per heavy atom. The van der Waals surface area contributed by atoms with Gasteiger partial charge in [-0.2, -0.15) is 0 Å². The van der Waals surface area contributed by atoms with Gasteiger partial charge in [-0.15, -0.1) is 11.3 Å². The molecule has 2 amide bonds. The number of rotatable bonds is 6. The Morgan fingerprint density at radius 3 is 2.72 bits per heavy atom. The van der Waals surface area contributed by atoms with Crippen molar-refractivity contribution in [2.45, 2.75) is 64.0 Å². The summed E-state index contributed by atoms with van der Waals surface area (Å²) in [6.07, 6.45) is 7.27. The highest BCUT2D eigenvalue weighted by atomic mass is 32.1. The first-order chi connectivity index (χ1) is 14.0. The van der Waals surface area contributed by atoms with E-state index in [9.17, 15) is 14.4 Å². The Hall–Kier alpha value is -2.61. The molecule has 0 radical (unpaired) electrons. The van der Waals surface area contributed by atoms with E-state index in [-0.39, 0.29) is 17.7 Å². The summed E-state index contributed by atoms with van der Waals surface area (Å²) >= 11 is 1.39. The monoisotopic (exact) mass is 416 g/mol. The normalized spacial score (nSPS) is 17.0. The lowest BCUT2D eigenvalue weighted by Crippen LogP contribution is -2.41. The Labute approximate surface area is 172 Å². The number of carbonyl (C=O) groups is 3. The van der Waals surface area contributed by atoms with Crippen LogP contribution >= 0.6 is 11.3 Å². The highest BCUT2D eigenvalue weighted by molar-refractivity contribution is 7.17. The van der Waals surface area contributed by atoms with Crippen LogP contribution in [0.15, 0.2) is 22.8 Å². The van der Waals surface area contributed by atoms with Gasteiger partial charge < -0.3 is 19.8 Å². The van der Waals surface area contributed by atoms with Gasteiger partial charge in [-0.05, 0) is 56.7 Å². The van der Waals surface area contributed by atoms with Gasteiger partial charge in [0.1, 0.15) is 5.00 Å². The molecule has 1 atom stereocenters. The van der Waals surface area contributed by atoms with E-state index >= 15 is 0 Å². The SMILES string of the molecule is C[C@@H](OC(=O)c1c(NC(=O)c2ccco2)sc2c1CCC2)C(=O)NC1CCCC1. The average molecular weight is 416 g/mol. The first-order valence-electron chi connectivity index (χ1n) is 10.0. The highest BCUT2D eigenvalue weighted by Crippen LogP contribution is 2.39. The third kappa shape index (κ3) is 4.22. The molecule has 154 valence electrons. The summed E-state index contributed by atoms with van der Waals surface area (Å²) in [5.74, 6) is -1.11. The summed E-state index contributed by atoms with van der Waals surface area (Å²) in [6, 6.07) is 3.35. The Balaban J connectivity index is 1.48. The summed E-state index contributed by atoms with van der Waals surface area (Å²) in [7, 11) is 0. The molecule has 0 unspecified atom stereocenters. The maximum absolute atomic E-state index is 12.9. The molecular weight excluding hydrogens is 392 g/mol. The van der Waals surface area contributed by atoms with Crippen LogP contribution in [0, 0.1) is 0 Å². The molecule has 1 saturated carbocycles. The van der Waals surface area contributed by atoms with E-state index in [4.69, 9.17) is 9.15 Å². The van der Waals surface area contributed by atoms with Crippen LogP contribution in [0.2, 0.25) is 0 Å². The standard InChI is InChI=1S/C21H24N2O5S/c1-12(18(24)22-13-6-2-3-7-13)28-21(26)17-14-8-4-10-16(14)29-20(17)23-19(25)15-9-5-11-27-15/h5,9,11-13H,2-4,6-8,10H2,1H3,(H,22,24)(H,23,25)/t12-/m1/s1. The first kappa shape index (κ1) is 19.7. The summed E-state index contributed by atoms with van der Waals surface area (Å²) in [5.41, 5.74) is 1.28. The van der Waals surface area contributed by atoms with Crippen molar-refractivity contribution in [2.75, 3.05) is 5.32 Å². The lowest BCUT2D eigenvalue weighted by molar-refractivity contribution is -0.129. The maximum Gasteiger partial charge on any atom is 0.342 e. The van der Waals surface area contributed by atoms with Crippen LogP contribution in [-0.4, -0.2) is 29.9 Å². The number of aryl methyl sites for hydroxylation is 1. The van der Waals surface area contributed by atoms with Gasteiger partial charge in [-0.3, -0.25) is 9.59 Å².